The molecule has 0 aliphatic heterocycles. The van der Waals surface area contributed by atoms with Gasteiger partial charge in [-0.25, -0.2) is 13.1 Å². The Hall–Kier alpha value is -1.92. The summed E-state index contributed by atoms with van der Waals surface area (Å²) in [5, 5.41) is -0.405. The van der Waals surface area contributed by atoms with E-state index in [1.807, 2.05) is 36.4 Å². The maximum absolute atomic E-state index is 11.9. The van der Waals surface area contributed by atoms with Crippen LogP contribution in [0.1, 0.15) is 31.7 Å². The second kappa shape index (κ2) is 6.53. The Bertz CT molecular complexity index is 816. The molecule has 1 fully saturated rings. The third-order valence-corrected chi connectivity index (χ3v) is 6.20. The summed E-state index contributed by atoms with van der Waals surface area (Å²) >= 11 is 0. The topological polar surface area (TPSA) is 68.3 Å². The number of sulfonamides is 1. The lowest BCUT2D eigenvalue weighted by Gasteiger charge is -2.10. The van der Waals surface area contributed by atoms with Crippen LogP contribution in [-0.2, 0) is 10.0 Å². The summed E-state index contributed by atoms with van der Waals surface area (Å²) in [6.07, 6.45) is 2.58. The Morgan fingerprint density at radius 2 is 1.92 bits per heavy atom. The van der Waals surface area contributed by atoms with Crippen LogP contribution in [0.3, 0.4) is 0 Å². The second-order valence-electron chi connectivity index (χ2n) is 6.34. The summed E-state index contributed by atoms with van der Waals surface area (Å²) in [5.74, 6) is 0.984. The van der Waals surface area contributed by atoms with E-state index >= 15 is 0 Å². The molecule has 0 amide bonds. The van der Waals surface area contributed by atoms with Gasteiger partial charge in [0.2, 0.25) is 10.0 Å². The highest BCUT2D eigenvalue weighted by Gasteiger charge is 2.41. The van der Waals surface area contributed by atoms with E-state index in [-0.39, 0.29) is 12.0 Å². The predicted octanol–water partition coefficient (Wildman–Crippen LogP) is 2.94. The van der Waals surface area contributed by atoms with Crippen molar-refractivity contribution < 1.29 is 13.2 Å². The first-order chi connectivity index (χ1) is 11.4. The van der Waals surface area contributed by atoms with Crippen LogP contribution in [0.4, 0.5) is 0 Å². The lowest BCUT2D eigenvalue weighted by molar-refractivity contribution is 0.415. The van der Waals surface area contributed by atoms with Crippen molar-refractivity contribution in [3.05, 3.63) is 48.2 Å². The number of nitrogens with zero attached hydrogens (tertiary/aromatic N) is 1. The van der Waals surface area contributed by atoms with E-state index in [1.165, 1.54) is 0 Å². The minimum Gasteiger partial charge on any atom is -0.494 e. The minimum absolute atomic E-state index is 0.00707. The van der Waals surface area contributed by atoms with E-state index in [0.717, 1.165) is 29.0 Å². The first-order valence-corrected chi connectivity index (χ1v) is 9.57. The number of ether oxygens (including phenoxy) is 1. The number of rotatable bonds is 6. The standard InChI is InChI=1S/C18H22N2O3S/c1-12(2)24(21,22)20-16-11-15(16)13-6-8-14(9-7-13)18-17(23-3)5-4-10-19-18/h4-10,12,15-16,20H,11H2,1-3H3/t15-,16+/m0/s1. The summed E-state index contributed by atoms with van der Waals surface area (Å²) in [5.41, 5.74) is 2.93. The molecule has 1 heterocycles. The third-order valence-electron chi connectivity index (χ3n) is 4.33. The maximum Gasteiger partial charge on any atom is 0.214 e. The number of pyridine rings is 1. The van der Waals surface area contributed by atoms with Crippen LogP contribution in [-0.4, -0.2) is 31.8 Å². The van der Waals surface area contributed by atoms with Gasteiger partial charge in [0.25, 0.3) is 0 Å². The molecule has 24 heavy (non-hydrogen) atoms. The van der Waals surface area contributed by atoms with Crippen molar-refractivity contribution in [2.45, 2.75) is 37.5 Å². The lowest BCUT2D eigenvalue weighted by atomic mass is 10.0. The molecule has 1 saturated carbocycles. The van der Waals surface area contributed by atoms with Crippen molar-refractivity contribution in [2.24, 2.45) is 0 Å². The van der Waals surface area contributed by atoms with Gasteiger partial charge in [-0.1, -0.05) is 24.3 Å². The Kier molecular flexibility index (Phi) is 4.60. The number of aromatic nitrogens is 1. The van der Waals surface area contributed by atoms with Gasteiger partial charge in [-0.05, 0) is 38.0 Å². The van der Waals surface area contributed by atoms with Crippen LogP contribution in [0, 0.1) is 0 Å². The van der Waals surface area contributed by atoms with E-state index in [0.29, 0.717) is 0 Å². The van der Waals surface area contributed by atoms with Crippen molar-refractivity contribution in [3.63, 3.8) is 0 Å². The van der Waals surface area contributed by atoms with Gasteiger partial charge in [-0.3, -0.25) is 4.98 Å². The number of hydrogen-bond donors (Lipinski definition) is 1. The quantitative estimate of drug-likeness (QED) is 0.873. The first-order valence-electron chi connectivity index (χ1n) is 8.03. The van der Waals surface area contributed by atoms with Crippen molar-refractivity contribution in [1.82, 2.24) is 9.71 Å². The molecule has 1 aliphatic carbocycles. The first kappa shape index (κ1) is 16.9. The predicted molar refractivity (Wildman–Crippen MR) is 94.6 cm³/mol. The van der Waals surface area contributed by atoms with Crippen LogP contribution < -0.4 is 9.46 Å². The zero-order valence-corrected chi connectivity index (χ0v) is 14.9. The normalized spacial score (nSPS) is 20.2. The minimum atomic E-state index is -3.21. The molecule has 0 spiro atoms. The van der Waals surface area contributed by atoms with Gasteiger partial charge in [0.05, 0.1) is 12.4 Å². The third kappa shape index (κ3) is 3.44. The summed E-state index contributed by atoms with van der Waals surface area (Å²) in [4.78, 5) is 4.38. The lowest BCUT2D eigenvalue weighted by Crippen LogP contribution is -2.33. The van der Waals surface area contributed by atoms with Crippen molar-refractivity contribution >= 4 is 10.0 Å². The molecule has 128 valence electrons. The smallest absolute Gasteiger partial charge is 0.214 e. The summed E-state index contributed by atoms with van der Waals surface area (Å²) < 4.78 is 32.0. The van der Waals surface area contributed by atoms with Gasteiger partial charge in [-0.2, -0.15) is 0 Å². The molecular weight excluding hydrogens is 324 g/mol. The zero-order chi connectivity index (χ0) is 17.3. The van der Waals surface area contributed by atoms with Crippen molar-refractivity contribution in [1.29, 1.82) is 0 Å². The summed E-state index contributed by atoms with van der Waals surface area (Å²) in [6, 6.07) is 11.8. The average Bonchev–Trinajstić information content (AvgIpc) is 3.33. The van der Waals surface area contributed by atoms with Gasteiger partial charge in [0, 0.05) is 23.7 Å². The van der Waals surface area contributed by atoms with Gasteiger partial charge in [0.15, 0.2) is 0 Å². The molecule has 3 rings (SSSR count). The van der Waals surface area contributed by atoms with Crippen molar-refractivity contribution in [3.8, 4) is 17.0 Å². The summed E-state index contributed by atoms with van der Waals surface area (Å²) in [7, 11) is -1.58. The molecule has 0 radical (unpaired) electrons. The molecule has 1 aromatic carbocycles. The van der Waals surface area contributed by atoms with Crippen LogP contribution in [0.2, 0.25) is 0 Å². The second-order valence-corrected chi connectivity index (χ2v) is 8.61. The molecule has 1 aliphatic rings. The maximum atomic E-state index is 11.9. The monoisotopic (exact) mass is 346 g/mol. The van der Waals surface area contributed by atoms with Crippen LogP contribution in [0.15, 0.2) is 42.6 Å². The van der Waals surface area contributed by atoms with Gasteiger partial charge < -0.3 is 4.74 Å². The van der Waals surface area contributed by atoms with E-state index in [4.69, 9.17) is 4.74 Å². The molecule has 0 bridgehead atoms. The van der Waals surface area contributed by atoms with Crippen LogP contribution in [0.5, 0.6) is 5.75 Å². The fourth-order valence-electron chi connectivity index (χ4n) is 2.70. The Labute approximate surface area is 143 Å². The van der Waals surface area contributed by atoms with Crippen LogP contribution >= 0.6 is 0 Å². The highest BCUT2D eigenvalue weighted by molar-refractivity contribution is 7.90. The van der Waals surface area contributed by atoms with Gasteiger partial charge in [-0.15, -0.1) is 0 Å². The van der Waals surface area contributed by atoms with Gasteiger partial charge in [0.1, 0.15) is 11.4 Å². The zero-order valence-electron chi connectivity index (χ0n) is 14.1. The molecule has 1 N–H and O–H groups in total. The molecule has 5 nitrogen and oxygen atoms in total. The number of hydrogen-bond acceptors (Lipinski definition) is 4. The highest BCUT2D eigenvalue weighted by Crippen LogP contribution is 2.42. The molecule has 0 saturated heterocycles. The average molecular weight is 346 g/mol. The Morgan fingerprint density at radius 3 is 2.54 bits per heavy atom. The molecule has 1 aromatic heterocycles. The van der Waals surface area contributed by atoms with Gasteiger partial charge >= 0.3 is 0 Å². The van der Waals surface area contributed by atoms with E-state index in [1.54, 1.807) is 27.2 Å². The molecular formula is C18H22N2O3S. The SMILES string of the molecule is COc1cccnc1-c1ccc([C@@H]2C[C@H]2NS(=O)(=O)C(C)C)cc1. The van der Waals surface area contributed by atoms with E-state index in [2.05, 4.69) is 9.71 Å². The number of nitrogens with one attached hydrogen (secondary N) is 1. The molecule has 2 aromatic rings. The fourth-order valence-corrected chi connectivity index (χ4v) is 3.66. The Morgan fingerprint density at radius 1 is 1.21 bits per heavy atom. The largest absolute Gasteiger partial charge is 0.494 e. The van der Waals surface area contributed by atoms with Crippen molar-refractivity contribution in [2.75, 3.05) is 7.11 Å². The number of methoxy groups -OCH3 is 1. The number of benzene rings is 1. The molecule has 0 unspecified atom stereocenters. The Balaban J connectivity index is 1.73. The van der Waals surface area contributed by atoms with Crippen LogP contribution in [0.25, 0.3) is 11.3 Å². The summed E-state index contributed by atoms with van der Waals surface area (Å²) in [6.45, 7) is 3.38. The van der Waals surface area contributed by atoms with E-state index < -0.39 is 15.3 Å². The highest BCUT2D eigenvalue weighted by atomic mass is 32.2. The molecule has 6 heteroatoms. The fraction of sp³-hybridized carbons (Fsp3) is 0.389. The molecule has 2 atom stereocenters. The van der Waals surface area contributed by atoms with E-state index in [9.17, 15) is 8.42 Å².